The zero-order valence-corrected chi connectivity index (χ0v) is 13.5. The van der Waals surface area contributed by atoms with Gasteiger partial charge >= 0.3 is 0 Å². The van der Waals surface area contributed by atoms with Crippen molar-refractivity contribution in [3.8, 4) is 0 Å². The minimum absolute atomic E-state index is 0.0863. The average Bonchev–Trinajstić information content (AvgIpc) is 2.60. The predicted molar refractivity (Wildman–Crippen MR) is 89.7 cm³/mol. The van der Waals surface area contributed by atoms with Gasteiger partial charge in [-0.3, -0.25) is 14.4 Å². The highest BCUT2D eigenvalue weighted by Gasteiger charge is 2.26. The van der Waals surface area contributed by atoms with Crippen molar-refractivity contribution in [2.24, 2.45) is 5.73 Å². The van der Waals surface area contributed by atoms with E-state index < -0.39 is 0 Å². The summed E-state index contributed by atoms with van der Waals surface area (Å²) in [5.74, 6) is -1.06. The van der Waals surface area contributed by atoms with Gasteiger partial charge in [-0.1, -0.05) is 37.1 Å². The molecule has 1 aromatic rings. The Morgan fingerprint density at radius 1 is 1.04 bits per heavy atom. The SMILES string of the molecule is NCCCCCCNC(=O)COC1=CC(=O)c2ccccc2C1=O. The Bertz CT molecular complexity index is 652. The normalized spacial score (nSPS) is 13.3. The Hall–Kier alpha value is -2.47. The molecule has 0 fully saturated rings. The Morgan fingerprint density at radius 2 is 1.75 bits per heavy atom. The number of hydrogen-bond acceptors (Lipinski definition) is 5. The van der Waals surface area contributed by atoms with Crippen LogP contribution in [-0.4, -0.2) is 37.2 Å². The van der Waals surface area contributed by atoms with Crippen molar-refractivity contribution in [1.82, 2.24) is 5.32 Å². The number of amides is 1. The van der Waals surface area contributed by atoms with Crippen LogP contribution in [0.5, 0.6) is 0 Å². The monoisotopic (exact) mass is 330 g/mol. The number of fused-ring (bicyclic) bond motifs is 1. The molecular formula is C18H22N2O4. The fourth-order valence-corrected chi connectivity index (χ4v) is 2.44. The van der Waals surface area contributed by atoms with Crippen LogP contribution >= 0.6 is 0 Å². The van der Waals surface area contributed by atoms with Crippen molar-refractivity contribution in [3.05, 3.63) is 47.2 Å². The lowest BCUT2D eigenvalue weighted by molar-refractivity contribution is -0.124. The van der Waals surface area contributed by atoms with Crippen LogP contribution in [0.2, 0.25) is 0 Å². The molecule has 1 aromatic carbocycles. The highest BCUT2D eigenvalue weighted by Crippen LogP contribution is 2.21. The summed E-state index contributed by atoms with van der Waals surface area (Å²) < 4.78 is 5.24. The van der Waals surface area contributed by atoms with Crippen molar-refractivity contribution in [2.75, 3.05) is 19.7 Å². The Morgan fingerprint density at radius 3 is 2.50 bits per heavy atom. The lowest BCUT2D eigenvalue weighted by Crippen LogP contribution is -2.29. The second-order valence-corrected chi connectivity index (χ2v) is 5.59. The van der Waals surface area contributed by atoms with E-state index in [0.717, 1.165) is 31.8 Å². The maximum Gasteiger partial charge on any atom is 0.257 e. The lowest BCUT2D eigenvalue weighted by Gasteiger charge is -2.15. The summed E-state index contributed by atoms with van der Waals surface area (Å²) in [6.45, 7) is 0.961. The van der Waals surface area contributed by atoms with Crippen LogP contribution in [0, 0.1) is 0 Å². The Kier molecular flexibility index (Phi) is 6.69. The second-order valence-electron chi connectivity index (χ2n) is 5.59. The fourth-order valence-electron chi connectivity index (χ4n) is 2.44. The molecule has 1 amide bonds. The summed E-state index contributed by atoms with van der Waals surface area (Å²) in [7, 11) is 0. The van der Waals surface area contributed by atoms with Crippen molar-refractivity contribution in [1.29, 1.82) is 0 Å². The van der Waals surface area contributed by atoms with E-state index in [-0.39, 0.29) is 29.8 Å². The molecular weight excluding hydrogens is 308 g/mol. The molecule has 1 aliphatic carbocycles. The molecule has 0 saturated heterocycles. The third kappa shape index (κ3) is 4.76. The maximum atomic E-state index is 12.2. The minimum atomic E-state index is -0.375. The molecule has 0 aliphatic heterocycles. The first-order valence-electron chi connectivity index (χ1n) is 8.13. The van der Waals surface area contributed by atoms with Gasteiger partial charge in [-0.2, -0.15) is 0 Å². The minimum Gasteiger partial charge on any atom is -0.480 e. The van der Waals surface area contributed by atoms with Crippen LogP contribution in [0.15, 0.2) is 36.1 Å². The molecule has 0 saturated carbocycles. The van der Waals surface area contributed by atoms with Gasteiger partial charge in [0.25, 0.3) is 5.91 Å². The van der Waals surface area contributed by atoms with Gasteiger partial charge in [-0.05, 0) is 19.4 Å². The number of ketones is 2. The summed E-state index contributed by atoms with van der Waals surface area (Å²) in [4.78, 5) is 35.9. The molecule has 0 bridgehead atoms. The van der Waals surface area contributed by atoms with Gasteiger partial charge in [0.15, 0.2) is 18.1 Å². The second kappa shape index (κ2) is 8.98. The van der Waals surface area contributed by atoms with Crippen LogP contribution in [-0.2, 0) is 9.53 Å². The van der Waals surface area contributed by atoms with Crippen molar-refractivity contribution < 1.29 is 19.1 Å². The zero-order chi connectivity index (χ0) is 17.4. The number of benzene rings is 1. The van der Waals surface area contributed by atoms with Gasteiger partial charge in [0.2, 0.25) is 5.78 Å². The van der Waals surface area contributed by atoms with Gasteiger partial charge in [0, 0.05) is 23.7 Å². The van der Waals surface area contributed by atoms with E-state index in [1.807, 2.05) is 0 Å². The zero-order valence-electron chi connectivity index (χ0n) is 13.5. The van der Waals surface area contributed by atoms with Crippen molar-refractivity contribution >= 4 is 17.5 Å². The van der Waals surface area contributed by atoms with Crippen molar-refractivity contribution in [3.63, 3.8) is 0 Å². The number of unbranched alkanes of at least 4 members (excludes halogenated alkanes) is 3. The largest absolute Gasteiger partial charge is 0.480 e. The van der Waals surface area contributed by atoms with Crippen LogP contribution in [0.4, 0.5) is 0 Å². The first kappa shape index (κ1) is 17.9. The Labute approximate surface area is 141 Å². The van der Waals surface area contributed by atoms with Gasteiger partial charge < -0.3 is 15.8 Å². The molecule has 0 aromatic heterocycles. The highest BCUT2D eigenvalue weighted by atomic mass is 16.5. The number of carbonyl (C=O) groups excluding carboxylic acids is 3. The standard InChI is InChI=1S/C18H22N2O4/c19-9-5-1-2-6-10-20-17(22)12-24-16-11-15(21)13-7-3-4-8-14(13)18(16)23/h3-4,7-8,11H,1-2,5-6,9-10,12,19H2,(H,20,22). The number of hydrogen-bond donors (Lipinski definition) is 2. The van der Waals surface area contributed by atoms with Crippen molar-refractivity contribution in [2.45, 2.75) is 25.7 Å². The number of Topliss-reactive ketones (excluding diaryl/α,β-unsaturated/α-hetero) is 1. The summed E-state index contributed by atoms with van der Waals surface area (Å²) >= 11 is 0. The predicted octanol–water partition coefficient (Wildman–Crippen LogP) is 1.60. The molecule has 6 heteroatoms. The summed E-state index contributed by atoms with van der Waals surface area (Å²) in [5, 5.41) is 2.73. The van der Waals surface area contributed by atoms with E-state index in [1.165, 1.54) is 0 Å². The van der Waals surface area contributed by atoms with E-state index in [1.54, 1.807) is 24.3 Å². The van der Waals surface area contributed by atoms with E-state index in [2.05, 4.69) is 5.32 Å². The molecule has 128 valence electrons. The van der Waals surface area contributed by atoms with E-state index in [4.69, 9.17) is 10.5 Å². The number of rotatable bonds is 9. The van der Waals surface area contributed by atoms with Crippen LogP contribution in [0.1, 0.15) is 46.4 Å². The van der Waals surface area contributed by atoms with Gasteiger partial charge in [0.05, 0.1) is 0 Å². The molecule has 24 heavy (non-hydrogen) atoms. The van der Waals surface area contributed by atoms with E-state index in [0.29, 0.717) is 24.2 Å². The van der Waals surface area contributed by atoms with Gasteiger partial charge in [-0.25, -0.2) is 0 Å². The van der Waals surface area contributed by atoms with Crippen LogP contribution in [0.3, 0.4) is 0 Å². The molecule has 6 nitrogen and oxygen atoms in total. The fraction of sp³-hybridized carbons (Fsp3) is 0.389. The quantitative estimate of drug-likeness (QED) is 0.670. The third-order valence-corrected chi connectivity index (χ3v) is 3.73. The van der Waals surface area contributed by atoms with Crippen LogP contribution < -0.4 is 11.1 Å². The molecule has 2 rings (SSSR count). The van der Waals surface area contributed by atoms with Crippen LogP contribution in [0.25, 0.3) is 0 Å². The topological polar surface area (TPSA) is 98.5 Å². The molecule has 0 radical (unpaired) electrons. The maximum absolute atomic E-state index is 12.2. The van der Waals surface area contributed by atoms with Gasteiger partial charge in [-0.15, -0.1) is 0 Å². The van der Waals surface area contributed by atoms with Gasteiger partial charge in [0.1, 0.15) is 0 Å². The van der Waals surface area contributed by atoms with E-state index in [9.17, 15) is 14.4 Å². The summed E-state index contributed by atoms with van der Waals surface area (Å²) in [5.41, 5.74) is 6.07. The molecule has 0 unspecified atom stereocenters. The molecule has 0 heterocycles. The number of ether oxygens (including phenoxy) is 1. The smallest absolute Gasteiger partial charge is 0.257 e. The van der Waals surface area contributed by atoms with E-state index >= 15 is 0 Å². The first-order valence-corrected chi connectivity index (χ1v) is 8.13. The number of carbonyl (C=O) groups is 3. The molecule has 3 N–H and O–H groups in total. The molecule has 1 aliphatic rings. The number of allylic oxidation sites excluding steroid dienone is 2. The number of nitrogens with one attached hydrogen (secondary N) is 1. The summed E-state index contributed by atoms with van der Waals surface area (Å²) in [6, 6.07) is 6.56. The summed E-state index contributed by atoms with van der Waals surface area (Å²) in [6.07, 6.45) is 5.06. The average molecular weight is 330 g/mol. The Balaban J connectivity index is 1.77. The highest BCUT2D eigenvalue weighted by molar-refractivity contribution is 6.23. The lowest BCUT2D eigenvalue weighted by atomic mass is 9.94. The molecule has 0 atom stereocenters. The molecule has 0 spiro atoms. The third-order valence-electron chi connectivity index (χ3n) is 3.73. The first-order chi connectivity index (χ1) is 11.6. The number of nitrogens with two attached hydrogens (primary N) is 1.